The summed E-state index contributed by atoms with van der Waals surface area (Å²) in [4.78, 5) is 15.3. The Morgan fingerprint density at radius 1 is 1.03 bits per heavy atom. The number of para-hydroxylation sites is 1. The van der Waals surface area contributed by atoms with Gasteiger partial charge in [0, 0.05) is 11.9 Å². The molecular weight excluding hydrogens is 496 g/mol. The van der Waals surface area contributed by atoms with Crippen LogP contribution in [0.2, 0.25) is 0 Å². The summed E-state index contributed by atoms with van der Waals surface area (Å²) in [5.41, 5.74) is 4.63. The smallest absolute Gasteiger partial charge is 0.410 e. The third-order valence-corrected chi connectivity index (χ3v) is 8.76. The number of nitrogens with zero attached hydrogens (tertiary/aromatic N) is 2. The fraction of sp³-hybridized carbons (Fsp3) is 0.194. The molecule has 1 atom stereocenters. The Kier molecular flexibility index (Phi) is 6.95. The van der Waals surface area contributed by atoms with Crippen LogP contribution in [-0.4, -0.2) is 29.9 Å². The van der Waals surface area contributed by atoms with E-state index in [2.05, 4.69) is 13.2 Å². The molecule has 1 amide bonds. The maximum absolute atomic E-state index is 14.2. The molecule has 194 valence electrons. The molecule has 0 saturated heterocycles. The summed E-state index contributed by atoms with van der Waals surface area (Å²) in [5.74, 6) is 0. The molecule has 0 fully saturated rings. The van der Waals surface area contributed by atoms with E-state index in [4.69, 9.17) is 4.74 Å². The lowest BCUT2D eigenvalue weighted by Crippen LogP contribution is -2.41. The Morgan fingerprint density at radius 2 is 1.71 bits per heavy atom. The highest BCUT2D eigenvalue weighted by molar-refractivity contribution is 7.90. The number of hydrogen-bond acceptors (Lipinski definition) is 4. The minimum atomic E-state index is -3.98. The summed E-state index contributed by atoms with van der Waals surface area (Å²) in [7, 11) is -3.98. The highest BCUT2D eigenvalue weighted by Gasteiger charge is 2.39. The van der Waals surface area contributed by atoms with E-state index in [1.54, 1.807) is 35.2 Å². The second kappa shape index (κ2) is 10.3. The zero-order valence-electron chi connectivity index (χ0n) is 21.3. The first-order valence-corrected chi connectivity index (χ1v) is 14.0. The number of benzene rings is 3. The number of aromatic nitrogens is 1. The van der Waals surface area contributed by atoms with Crippen molar-refractivity contribution in [2.75, 3.05) is 6.54 Å². The Morgan fingerprint density at radius 3 is 2.42 bits per heavy atom. The second-order valence-electron chi connectivity index (χ2n) is 9.53. The van der Waals surface area contributed by atoms with Gasteiger partial charge in [-0.1, -0.05) is 91.0 Å². The van der Waals surface area contributed by atoms with Crippen molar-refractivity contribution < 1.29 is 17.9 Å². The van der Waals surface area contributed by atoms with Gasteiger partial charge < -0.3 is 4.74 Å². The molecule has 6 nitrogen and oxygen atoms in total. The summed E-state index contributed by atoms with van der Waals surface area (Å²) in [5, 5.41) is 0.865. The van der Waals surface area contributed by atoms with E-state index >= 15 is 0 Å². The van der Waals surface area contributed by atoms with Crippen molar-refractivity contribution in [1.82, 2.24) is 8.87 Å². The fourth-order valence-corrected chi connectivity index (χ4v) is 6.66. The molecule has 0 bridgehead atoms. The molecular formula is C31H30N2O4S. The molecule has 0 radical (unpaired) electrons. The van der Waals surface area contributed by atoms with E-state index in [0.29, 0.717) is 36.2 Å². The van der Waals surface area contributed by atoms with Crippen LogP contribution in [0.15, 0.2) is 109 Å². The number of amides is 1. The lowest BCUT2D eigenvalue weighted by Gasteiger charge is -2.36. The number of fused-ring (bicyclic) bond motifs is 3. The SMILES string of the molecule is C=CC(=C)CC1c2c(c3ccccc3n2S(=O)(=O)c2ccc(C)cc2)CCN1C(=O)OCc1ccccc1. The molecule has 1 unspecified atom stereocenters. The number of rotatable bonds is 7. The zero-order valence-corrected chi connectivity index (χ0v) is 22.2. The van der Waals surface area contributed by atoms with Crippen LogP contribution in [-0.2, 0) is 27.8 Å². The molecule has 1 aliphatic heterocycles. The predicted molar refractivity (Wildman–Crippen MR) is 149 cm³/mol. The van der Waals surface area contributed by atoms with Gasteiger partial charge in [0.1, 0.15) is 6.61 Å². The van der Waals surface area contributed by atoms with Gasteiger partial charge in [0.05, 0.1) is 22.1 Å². The number of allylic oxidation sites excluding steroid dienone is 1. The highest BCUT2D eigenvalue weighted by Crippen LogP contribution is 2.42. The predicted octanol–water partition coefficient (Wildman–Crippen LogP) is 6.56. The number of aryl methyl sites for hydroxylation is 1. The highest BCUT2D eigenvalue weighted by atomic mass is 32.2. The van der Waals surface area contributed by atoms with Crippen molar-refractivity contribution in [3.8, 4) is 0 Å². The quantitative estimate of drug-likeness (QED) is 0.256. The van der Waals surface area contributed by atoms with E-state index in [9.17, 15) is 13.2 Å². The average Bonchev–Trinajstić information content (AvgIpc) is 3.28. The lowest BCUT2D eigenvalue weighted by atomic mass is 9.93. The lowest BCUT2D eigenvalue weighted by molar-refractivity contribution is 0.0761. The Bertz CT molecular complexity index is 1620. The second-order valence-corrected chi connectivity index (χ2v) is 11.3. The molecule has 38 heavy (non-hydrogen) atoms. The van der Waals surface area contributed by atoms with E-state index in [1.165, 1.54) is 3.97 Å². The van der Waals surface area contributed by atoms with Crippen LogP contribution in [0.3, 0.4) is 0 Å². The summed E-state index contributed by atoms with van der Waals surface area (Å²) in [6.07, 6.45) is 1.98. The number of ether oxygens (including phenoxy) is 1. The van der Waals surface area contributed by atoms with E-state index in [1.807, 2.05) is 61.5 Å². The van der Waals surface area contributed by atoms with E-state index in [-0.39, 0.29) is 11.5 Å². The normalized spacial score (nSPS) is 15.2. The number of hydrogen-bond donors (Lipinski definition) is 0. The van der Waals surface area contributed by atoms with Crippen LogP contribution in [0, 0.1) is 6.92 Å². The summed E-state index contributed by atoms with van der Waals surface area (Å²) in [6.45, 7) is 10.4. The summed E-state index contributed by atoms with van der Waals surface area (Å²) < 4.78 is 35.4. The monoisotopic (exact) mass is 526 g/mol. The van der Waals surface area contributed by atoms with Gasteiger partial charge in [-0.05, 0) is 49.1 Å². The summed E-state index contributed by atoms with van der Waals surface area (Å²) in [6, 6.07) is 23.2. The van der Waals surface area contributed by atoms with Crippen molar-refractivity contribution in [3.63, 3.8) is 0 Å². The van der Waals surface area contributed by atoms with Gasteiger partial charge in [0.2, 0.25) is 0 Å². The van der Waals surface area contributed by atoms with Gasteiger partial charge >= 0.3 is 6.09 Å². The molecule has 1 aliphatic rings. The molecule has 0 saturated carbocycles. The minimum absolute atomic E-state index is 0.128. The van der Waals surface area contributed by atoms with Crippen molar-refractivity contribution in [2.24, 2.45) is 0 Å². The molecule has 2 heterocycles. The fourth-order valence-electron chi connectivity index (χ4n) is 5.07. The van der Waals surface area contributed by atoms with Gasteiger partial charge in [-0.3, -0.25) is 4.90 Å². The molecule has 5 rings (SSSR count). The van der Waals surface area contributed by atoms with Crippen LogP contribution in [0.4, 0.5) is 4.79 Å². The first kappa shape index (κ1) is 25.5. The molecule has 7 heteroatoms. The Labute approximate surface area is 223 Å². The first-order chi connectivity index (χ1) is 18.3. The Balaban J connectivity index is 1.64. The van der Waals surface area contributed by atoms with Crippen LogP contribution >= 0.6 is 0 Å². The van der Waals surface area contributed by atoms with Crippen LogP contribution in [0.5, 0.6) is 0 Å². The van der Waals surface area contributed by atoms with Crippen molar-refractivity contribution >= 4 is 27.0 Å². The average molecular weight is 527 g/mol. The number of carbonyl (C=O) groups is 1. The van der Waals surface area contributed by atoms with E-state index < -0.39 is 22.2 Å². The van der Waals surface area contributed by atoms with Gasteiger partial charge in [-0.2, -0.15) is 0 Å². The van der Waals surface area contributed by atoms with Crippen LogP contribution in [0.1, 0.15) is 34.8 Å². The maximum atomic E-state index is 14.2. The Hall–Kier alpha value is -4.10. The molecule has 0 aliphatic carbocycles. The third kappa shape index (κ3) is 4.65. The van der Waals surface area contributed by atoms with Gasteiger partial charge in [0.25, 0.3) is 10.0 Å². The maximum Gasteiger partial charge on any atom is 0.410 e. The van der Waals surface area contributed by atoms with Gasteiger partial charge in [-0.15, -0.1) is 0 Å². The van der Waals surface area contributed by atoms with Crippen LogP contribution in [0.25, 0.3) is 10.9 Å². The largest absolute Gasteiger partial charge is 0.445 e. The first-order valence-electron chi connectivity index (χ1n) is 12.5. The van der Waals surface area contributed by atoms with Gasteiger partial charge in [-0.25, -0.2) is 17.2 Å². The standard InChI is InChI=1S/C31H30N2O4S/c1-4-22(2)20-29-30-27(18-19-32(29)31(34)37-21-24-10-6-5-7-11-24)26-12-8-9-13-28(26)33(30)38(35,36)25-16-14-23(3)15-17-25/h4-17,29H,1-2,18-21H2,3H3. The molecule has 1 aromatic heterocycles. The van der Waals surface area contributed by atoms with Crippen molar-refractivity contribution in [1.29, 1.82) is 0 Å². The number of carbonyl (C=O) groups excluding carboxylic acids is 1. The third-order valence-electron chi connectivity index (χ3n) is 7.01. The molecule has 0 N–H and O–H groups in total. The molecule has 0 spiro atoms. The summed E-state index contributed by atoms with van der Waals surface area (Å²) >= 11 is 0. The van der Waals surface area contributed by atoms with E-state index in [0.717, 1.165) is 22.1 Å². The zero-order chi connectivity index (χ0) is 26.9. The minimum Gasteiger partial charge on any atom is -0.445 e. The van der Waals surface area contributed by atoms with Crippen LogP contribution < -0.4 is 0 Å². The topological polar surface area (TPSA) is 68.6 Å². The van der Waals surface area contributed by atoms with Crippen molar-refractivity contribution in [3.05, 3.63) is 126 Å². The van der Waals surface area contributed by atoms with Crippen molar-refractivity contribution in [2.45, 2.75) is 37.3 Å². The van der Waals surface area contributed by atoms with Gasteiger partial charge in [0.15, 0.2) is 0 Å². The molecule has 4 aromatic rings. The molecule has 3 aromatic carbocycles.